The smallest absolute Gasteiger partial charge is 0.225 e. The van der Waals surface area contributed by atoms with Crippen LogP contribution in [0, 0.1) is 11.8 Å². The molecule has 16 heavy (non-hydrogen) atoms. The van der Waals surface area contributed by atoms with E-state index < -0.39 is 0 Å². The van der Waals surface area contributed by atoms with E-state index >= 15 is 0 Å². The van der Waals surface area contributed by atoms with Crippen LogP contribution in [0.3, 0.4) is 0 Å². The van der Waals surface area contributed by atoms with Gasteiger partial charge in [-0.15, -0.1) is 0 Å². The zero-order valence-electron chi connectivity index (χ0n) is 10.0. The lowest BCUT2D eigenvalue weighted by Crippen LogP contribution is -2.40. The predicted octanol–water partition coefficient (Wildman–Crippen LogP) is 0.769. The molecule has 1 unspecified atom stereocenters. The van der Waals surface area contributed by atoms with E-state index in [4.69, 9.17) is 0 Å². The molecule has 1 atom stereocenters. The van der Waals surface area contributed by atoms with E-state index in [0.717, 1.165) is 25.8 Å². The molecule has 1 saturated carbocycles. The van der Waals surface area contributed by atoms with E-state index in [0.29, 0.717) is 18.4 Å². The molecule has 2 rings (SSSR count). The Morgan fingerprint density at radius 1 is 1.25 bits per heavy atom. The first-order valence-corrected chi connectivity index (χ1v) is 6.17. The topological polar surface area (TPSA) is 49.4 Å². The quantitative estimate of drug-likeness (QED) is 0.769. The fourth-order valence-corrected chi connectivity index (χ4v) is 2.03. The number of hydrogen-bond acceptors (Lipinski definition) is 2. The first-order valence-electron chi connectivity index (χ1n) is 6.17. The average Bonchev–Trinajstić information content (AvgIpc) is 2.98. The van der Waals surface area contributed by atoms with Crippen LogP contribution in [0.5, 0.6) is 0 Å². The SMILES string of the molecule is CC(C)C(=O)NC1CCN(C(=O)C2CC2)C1. The summed E-state index contributed by atoms with van der Waals surface area (Å²) in [5.41, 5.74) is 0. The van der Waals surface area contributed by atoms with Crippen molar-refractivity contribution in [1.29, 1.82) is 0 Å². The molecule has 1 aliphatic heterocycles. The van der Waals surface area contributed by atoms with Crippen molar-refractivity contribution >= 4 is 11.8 Å². The number of hydrogen-bond donors (Lipinski definition) is 1. The Labute approximate surface area is 96.4 Å². The van der Waals surface area contributed by atoms with E-state index in [9.17, 15) is 9.59 Å². The molecule has 1 N–H and O–H groups in total. The second-order valence-corrected chi connectivity index (χ2v) is 5.21. The summed E-state index contributed by atoms with van der Waals surface area (Å²) in [6.07, 6.45) is 3.01. The molecule has 0 radical (unpaired) electrons. The van der Waals surface area contributed by atoms with Crippen molar-refractivity contribution in [3.63, 3.8) is 0 Å². The summed E-state index contributed by atoms with van der Waals surface area (Å²) in [4.78, 5) is 25.2. The summed E-state index contributed by atoms with van der Waals surface area (Å²) in [5.74, 6) is 0.694. The van der Waals surface area contributed by atoms with Gasteiger partial charge in [0.1, 0.15) is 0 Å². The Morgan fingerprint density at radius 3 is 2.50 bits per heavy atom. The second kappa shape index (κ2) is 4.44. The molecule has 2 aliphatic rings. The Kier molecular flexibility index (Phi) is 3.17. The maximum Gasteiger partial charge on any atom is 0.225 e. The molecule has 0 aromatic rings. The van der Waals surface area contributed by atoms with Gasteiger partial charge in [-0.3, -0.25) is 9.59 Å². The number of likely N-dealkylation sites (tertiary alicyclic amines) is 1. The van der Waals surface area contributed by atoms with Crippen LogP contribution >= 0.6 is 0 Å². The van der Waals surface area contributed by atoms with E-state index in [2.05, 4.69) is 5.32 Å². The number of rotatable bonds is 3. The monoisotopic (exact) mass is 224 g/mol. The lowest BCUT2D eigenvalue weighted by molar-refractivity contribution is -0.132. The molecular weight excluding hydrogens is 204 g/mol. The van der Waals surface area contributed by atoms with E-state index in [-0.39, 0.29) is 17.9 Å². The fraction of sp³-hybridized carbons (Fsp3) is 0.833. The summed E-state index contributed by atoms with van der Waals surface area (Å²) in [6, 6.07) is 0.164. The van der Waals surface area contributed by atoms with Gasteiger partial charge in [0, 0.05) is 31.0 Å². The molecule has 1 aliphatic carbocycles. The largest absolute Gasteiger partial charge is 0.351 e. The van der Waals surface area contributed by atoms with Gasteiger partial charge in [-0.2, -0.15) is 0 Å². The molecule has 2 fully saturated rings. The normalized spacial score (nSPS) is 24.9. The molecule has 90 valence electrons. The number of carbonyl (C=O) groups excluding carboxylic acids is 2. The number of amides is 2. The summed E-state index contributed by atoms with van der Waals surface area (Å²) < 4.78 is 0. The molecule has 0 aromatic carbocycles. The van der Waals surface area contributed by atoms with Gasteiger partial charge in [0.15, 0.2) is 0 Å². The highest BCUT2D eigenvalue weighted by molar-refractivity contribution is 5.82. The fourth-order valence-electron chi connectivity index (χ4n) is 2.03. The minimum Gasteiger partial charge on any atom is -0.351 e. The van der Waals surface area contributed by atoms with E-state index in [1.165, 1.54) is 0 Å². The van der Waals surface area contributed by atoms with Crippen LogP contribution < -0.4 is 5.32 Å². The van der Waals surface area contributed by atoms with Crippen molar-refractivity contribution in [3.05, 3.63) is 0 Å². The molecule has 1 saturated heterocycles. The minimum absolute atomic E-state index is 0.0215. The molecule has 0 aromatic heterocycles. The summed E-state index contributed by atoms with van der Waals surface area (Å²) in [7, 11) is 0. The zero-order valence-corrected chi connectivity index (χ0v) is 10.0. The van der Waals surface area contributed by atoms with E-state index in [1.807, 2.05) is 18.7 Å². The zero-order chi connectivity index (χ0) is 11.7. The minimum atomic E-state index is 0.0215. The van der Waals surface area contributed by atoms with Crippen molar-refractivity contribution in [3.8, 4) is 0 Å². The molecular formula is C12H20N2O2. The lowest BCUT2D eigenvalue weighted by atomic mass is 10.2. The van der Waals surface area contributed by atoms with Crippen LogP contribution in [-0.2, 0) is 9.59 Å². The van der Waals surface area contributed by atoms with Crippen molar-refractivity contribution in [2.24, 2.45) is 11.8 Å². The van der Waals surface area contributed by atoms with Gasteiger partial charge in [-0.1, -0.05) is 13.8 Å². The van der Waals surface area contributed by atoms with Crippen molar-refractivity contribution in [1.82, 2.24) is 10.2 Å². The van der Waals surface area contributed by atoms with Gasteiger partial charge in [-0.25, -0.2) is 0 Å². The van der Waals surface area contributed by atoms with Crippen molar-refractivity contribution in [2.45, 2.75) is 39.2 Å². The number of nitrogens with one attached hydrogen (secondary N) is 1. The molecule has 0 spiro atoms. The van der Waals surface area contributed by atoms with Crippen LogP contribution in [0.1, 0.15) is 33.1 Å². The molecule has 1 heterocycles. The molecule has 0 bridgehead atoms. The van der Waals surface area contributed by atoms with Gasteiger partial charge in [-0.05, 0) is 19.3 Å². The maximum absolute atomic E-state index is 11.8. The number of nitrogens with zero attached hydrogens (tertiary/aromatic N) is 1. The Hall–Kier alpha value is -1.06. The van der Waals surface area contributed by atoms with Gasteiger partial charge in [0.25, 0.3) is 0 Å². The highest BCUT2D eigenvalue weighted by Gasteiger charge is 2.36. The maximum atomic E-state index is 11.8. The second-order valence-electron chi connectivity index (χ2n) is 5.21. The summed E-state index contributed by atoms with van der Waals surface area (Å²) >= 11 is 0. The first-order chi connectivity index (χ1) is 7.58. The first kappa shape index (κ1) is 11.4. The Morgan fingerprint density at radius 2 is 1.94 bits per heavy atom. The molecule has 4 nitrogen and oxygen atoms in total. The standard InChI is InChI=1S/C12H20N2O2/c1-8(2)11(15)13-10-5-6-14(7-10)12(16)9-3-4-9/h8-10H,3-7H2,1-2H3,(H,13,15). The Bertz CT molecular complexity index is 297. The average molecular weight is 224 g/mol. The lowest BCUT2D eigenvalue weighted by Gasteiger charge is -2.17. The third-order valence-electron chi connectivity index (χ3n) is 3.30. The third-order valence-corrected chi connectivity index (χ3v) is 3.30. The van der Waals surface area contributed by atoms with Crippen LogP contribution in [0.2, 0.25) is 0 Å². The summed E-state index contributed by atoms with van der Waals surface area (Å²) in [6.45, 7) is 5.28. The van der Waals surface area contributed by atoms with Crippen LogP contribution in [0.4, 0.5) is 0 Å². The van der Waals surface area contributed by atoms with Gasteiger partial charge < -0.3 is 10.2 Å². The van der Waals surface area contributed by atoms with Crippen LogP contribution in [0.15, 0.2) is 0 Å². The van der Waals surface area contributed by atoms with Crippen molar-refractivity contribution in [2.75, 3.05) is 13.1 Å². The van der Waals surface area contributed by atoms with E-state index in [1.54, 1.807) is 0 Å². The predicted molar refractivity (Wildman–Crippen MR) is 60.7 cm³/mol. The molecule has 4 heteroatoms. The summed E-state index contributed by atoms with van der Waals surface area (Å²) in [5, 5.41) is 2.99. The van der Waals surface area contributed by atoms with Crippen LogP contribution in [0.25, 0.3) is 0 Å². The Balaban J connectivity index is 1.79. The highest BCUT2D eigenvalue weighted by atomic mass is 16.2. The van der Waals surface area contributed by atoms with Gasteiger partial charge >= 0.3 is 0 Å². The van der Waals surface area contributed by atoms with Crippen LogP contribution in [-0.4, -0.2) is 35.8 Å². The van der Waals surface area contributed by atoms with Gasteiger partial charge in [0.05, 0.1) is 0 Å². The van der Waals surface area contributed by atoms with Gasteiger partial charge in [0.2, 0.25) is 11.8 Å². The van der Waals surface area contributed by atoms with Crippen molar-refractivity contribution < 1.29 is 9.59 Å². The number of carbonyl (C=O) groups is 2. The third kappa shape index (κ3) is 2.54. The molecule has 2 amide bonds. The highest BCUT2D eigenvalue weighted by Crippen LogP contribution is 2.32.